The van der Waals surface area contributed by atoms with Crippen LogP contribution in [0.5, 0.6) is 0 Å². The van der Waals surface area contributed by atoms with Crippen LogP contribution in [0.4, 0.5) is 5.82 Å². The summed E-state index contributed by atoms with van der Waals surface area (Å²) in [4.78, 5) is 4.16. The molecule has 2 heteroatoms. The molecule has 0 saturated carbocycles. The van der Waals surface area contributed by atoms with Gasteiger partial charge in [-0.15, -0.1) is 0 Å². The second-order valence-electron chi connectivity index (χ2n) is 4.21. The highest BCUT2D eigenvalue weighted by Gasteiger charge is 2.09. The van der Waals surface area contributed by atoms with Crippen LogP contribution in [0.3, 0.4) is 0 Å². The van der Waals surface area contributed by atoms with E-state index in [1.165, 1.54) is 22.3 Å². The van der Waals surface area contributed by atoms with Crippen LogP contribution in [0.2, 0.25) is 0 Å². The summed E-state index contributed by atoms with van der Waals surface area (Å²) < 4.78 is 0. The fourth-order valence-electron chi connectivity index (χ4n) is 2.02. The molecule has 0 radical (unpaired) electrons. The topological polar surface area (TPSA) is 38.9 Å². The first-order valence-corrected chi connectivity index (χ1v) is 5.38. The van der Waals surface area contributed by atoms with Crippen LogP contribution in [0.15, 0.2) is 30.5 Å². The Morgan fingerprint density at radius 1 is 1.00 bits per heavy atom. The first-order chi connectivity index (χ1) is 7.59. The Balaban J connectivity index is 2.68. The Labute approximate surface area is 96.1 Å². The molecule has 82 valence electrons. The number of aromatic nitrogens is 1. The molecule has 0 fully saturated rings. The maximum atomic E-state index is 5.95. The zero-order valence-electron chi connectivity index (χ0n) is 9.91. The van der Waals surface area contributed by atoms with E-state index in [2.05, 4.69) is 44.0 Å². The molecule has 1 heterocycles. The molecule has 2 aromatic rings. The molecule has 0 aliphatic rings. The van der Waals surface area contributed by atoms with Crippen molar-refractivity contribution in [3.63, 3.8) is 0 Å². The van der Waals surface area contributed by atoms with E-state index in [0.717, 1.165) is 5.56 Å². The summed E-state index contributed by atoms with van der Waals surface area (Å²) in [7, 11) is 0. The summed E-state index contributed by atoms with van der Waals surface area (Å²) in [6, 6.07) is 8.38. The smallest absolute Gasteiger partial charge is 0.131 e. The zero-order chi connectivity index (χ0) is 11.7. The van der Waals surface area contributed by atoms with Crippen LogP contribution in [0.25, 0.3) is 11.1 Å². The van der Waals surface area contributed by atoms with Gasteiger partial charge >= 0.3 is 0 Å². The molecule has 0 spiro atoms. The van der Waals surface area contributed by atoms with Crippen LogP contribution in [0.1, 0.15) is 16.7 Å². The zero-order valence-corrected chi connectivity index (χ0v) is 9.91. The number of pyridine rings is 1. The minimum Gasteiger partial charge on any atom is -0.383 e. The largest absolute Gasteiger partial charge is 0.383 e. The lowest BCUT2D eigenvalue weighted by molar-refractivity contribution is 1.28. The predicted octanol–water partition coefficient (Wildman–Crippen LogP) is 3.26. The average Bonchev–Trinajstić information content (AvgIpc) is 2.20. The molecular formula is C14H16N2. The van der Waals surface area contributed by atoms with E-state index < -0.39 is 0 Å². The maximum absolute atomic E-state index is 5.95. The van der Waals surface area contributed by atoms with Gasteiger partial charge in [0.15, 0.2) is 0 Å². The van der Waals surface area contributed by atoms with E-state index in [1.54, 1.807) is 6.20 Å². The number of nitrogen functional groups attached to an aromatic ring is 1. The summed E-state index contributed by atoms with van der Waals surface area (Å²) in [5.74, 6) is 0.604. The van der Waals surface area contributed by atoms with Gasteiger partial charge in [0.2, 0.25) is 0 Å². The van der Waals surface area contributed by atoms with Crippen LogP contribution >= 0.6 is 0 Å². The Bertz CT molecular complexity index is 510. The normalized spacial score (nSPS) is 10.4. The van der Waals surface area contributed by atoms with Crippen molar-refractivity contribution < 1.29 is 0 Å². The molecule has 0 bridgehead atoms. The first kappa shape index (κ1) is 10.7. The van der Waals surface area contributed by atoms with Crippen molar-refractivity contribution in [1.29, 1.82) is 0 Å². The van der Waals surface area contributed by atoms with Gasteiger partial charge < -0.3 is 5.73 Å². The SMILES string of the molecule is Cc1ccc(-c2c(C)ccnc2N)c(C)c1. The van der Waals surface area contributed by atoms with Crippen molar-refractivity contribution in [1.82, 2.24) is 4.98 Å². The summed E-state index contributed by atoms with van der Waals surface area (Å²) in [5, 5.41) is 0. The Hall–Kier alpha value is -1.83. The summed E-state index contributed by atoms with van der Waals surface area (Å²) in [6.07, 6.45) is 1.75. The number of rotatable bonds is 1. The summed E-state index contributed by atoms with van der Waals surface area (Å²) in [5.41, 5.74) is 11.8. The van der Waals surface area contributed by atoms with Crippen molar-refractivity contribution in [3.8, 4) is 11.1 Å². The van der Waals surface area contributed by atoms with Crippen molar-refractivity contribution in [3.05, 3.63) is 47.2 Å². The maximum Gasteiger partial charge on any atom is 0.131 e. The van der Waals surface area contributed by atoms with Gasteiger partial charge in [0, 0.05) is 11.8 Å². The number of hydrogen-bond donors (Lipinski definition) is 1. The third kappa shape index (κ3) is 1.78. The monoisotopic (exact) mass is 212 g/mol. The van der Waals surface area contributed by atoms with Crippen molar-refractivity contribution >= 4 is 5.82 Å². The minimum absolute atomic E-state index is 0.604. The van der Waals surface area contributed by atoms with E-state index >= 15 is 0 Å². The highest BCUT2D eigenvalue weighted by molar-refractivity contribution is 5.79. The Morgan fingerprint density at radius 3 is 2.38 bits per heavy atom. The van der Waals surface area contributed by atoms with Crippen molar-refractivity contribution in [2.45, 2.75) is 20.8 Å². The van der Waals surface area contributed by atoms with Crippen molar-refractivity contribution in [2.75, 3.05) is 5.73 Å². The molecule has 1 aromatic carbocycles. The van der Waals surface area contributed by atoms with E-state index in [-0.39, 0.29) is 0 Å². The molecule has 2 nitrogen and oxygen atoms in total. The van der Waals surface area contributed by atoms with Gasteiger partial charge in [0.05, 0.1) is 0 Å². The number of hydrogen-bond acceptors (Lipinski definition) is 2. The van der Waals surface area contributed by atoms with Crippen LogP contribution in [0, 0.1) is 20.8 Å². The van der Waals surface area contributed by atoms with E-state index in [4.69, 9.17) is 5.73 Å². The van der Waals surface area contributed by atoms with Gasteiger partial charge in [0.25, 0.3) is 0 Å². The lowest BCUT2D eigenvalue weighted by Gasteiger charge is -2.11. The van der Waals surface area contributed by atoms with Gasteiger partial charge in [-0.05, 0) is 43.5 Å². The van der Waals surface area contributed by atoms with Gasteiger partial charge in [-0.1, -0.05) is 23.8 Å². The fraction of sp³-hybridized carbons (Fsp3) is 0.214. The molecule has 16 heavy (non-hydrogen) atoms. The minimum atomic E-state index is 0.604. The number of nitrogens with two attached hydrogens (primary N) is 1. The van der Waals surface area contributed by atoms with E-state index in [0.29, 0.717) is 5.82 Å². The molecule has 2 rings (SSSR count). The van der Waals surface area contributed by atoms with Gasteiger partial charge in [-0.3, -0.25) is 0 Å². The molecule has 0 saturated heterocycles. The fourth-order valence-corrected chi connectivity index (χ4v) is 2.02. The molecule has 0 amide bonds. The standard InChI is InChI=1S/C14H16N2/c1-9-4-5-12(11(3)8-9)13-10(2)6-7-16-14(13)15/h4-8H,1-3H3,(H2,15,16). The molecule has 0 unspecified atom stereocenters. The lowest BCUT2D eigenvalue weighted by atomic mass is 9.96. The Morgan fingerprint density at radius 2 is 1.75 bits per heavy atom. The quantitative estimate of drug-likeness (QED) is 0.788. The van der Waals surface area contributed by atoms with Gasteiger partial charge in [0.1, 0.15) is 5.82 Å². The first-order valence-electron chi connectivity index (χ1n) is 5.38. The molecule has 2 N–H and O–H groups in total. The summed E-state index contributed by atoms with van der Waals surface area (Å²) in [6.45, 7) is 6.26. The molecule has 1 aromatic heterocycles. The lowest BCUT2D eigenvalue weighted by Crippen LogP contribution is -1.97. The number of anilines is 1. The Kier molecular flexibility index (Phi) is 2.65. The molecule has 0 atom stereocenters. The second-order valence-corrected chi connectivity index (χ2v) is 4.21. The molecular weight excluding hydrogens is 196 g/mol. The predicted molar refractivity (Wildman–Crippen MR) is 68.3 cm³/mol. The van der Waals surface area contributed by atoms with Crippen molar-refractivity contribution in [2.24, 2.45) is 0 Å². The number of aryl methyl sites for hydroxylation is 3. The average molecular weight is 212 g/mol. The highest BCUT2D eigenvalue weighted by atomic mass is 14.8. The van der Waals surface area contributed by atoms with Crippen LogP contribution < -0.4 is 5.73 Å². The third-order valence-electron chi connectivity index (χ3n) is 2.84. The molecule has 0 aliphatic heterocycles. The molecule has 0 aliphatic carbocycles. The number of nitrogens with zero attached hydrogens (tertiary/aromatic N) is 1. The van der Waals surface area contributed by atoms with Crippen LogP contribution in [-0.4, -0.2) is 4.98 Å². The summed E-state index contributed by atoms with van der Waals surface area (Å²) >= 11 is 0. The third-order valence-corrected chi connectivity index (χ3v) is 2.84. The second kappa shape index (κ2) is 3.97. The van der Waals surface area contributed by atoms with E-state index in [9.17, 15) is 0 Å². The van der Waals surface area contributed by atoms with Crippen LogP contribution in [-0.2, 0) is 0 Å². The van der Waals surface area contributed by atoms with E-state index in [1.807, 2.05) is 6.07 Å². The highest BCUT2D eigenvalue weighted by Crippen LogP contribution is 2.30. The van der Waals surface area contributed by atoms with Gasteiger partial charge in [-0.2, -0.15) is 0 Å². The van der Waals surface area contributed by atoms with Gasteiger partial charge in [-0.25, -0.2) is 4.98 Å². The number of benzene rings is 1.